The van der Waals surface area contributed by atoms with Crippen LogP contribution in [0.2, 0.25) is 0 Å². The third kappa shape index (κ3) is 15.5. The summed E-state index contributed by atoms with van der Waals surface area (Å²) < 4.78 is 10.6. The zero-order valence-corrected chi connectivity index (χ0v) is 34.5. The lowest BCUT2D eigenvalue weighted by atomic mass is 10.0. The first kappa shape index (κ1) is 46.6. The van der Waals surface area contributed by atoms with E-state index in [1.54, 1.807) is 81.6 Å². The summed E-state index contributed by atoms with van der Waals surface area (Å²) >= 11 is 0. The number of carbonyl (C=O) groups excluding carboxylic acids is 6. The highest BCUT2D eigenvalue weighted by atomic mass is 16.6. The monoisotopic (exact) mass is 842 g/mol. The van der Waals surface area contributed by atoms with Gasteiger partial charge in [-0.3, -0.25) is 24.0 Å². The number of urea groups is 1. The van der Waals surface area contributed by atoms with Crippen LogP contribution in [0, 0.1) is 0 Å². The molecule has 61 heavy (non-hydrogen) atoms. The highest BCUT2D eigenvalue weighted by Crippen LogP contribution is 2.20. The molecule has 0 fully saturated rings. The van der Waals surface area contributed by atoms with Crippen molar-refractivity contribution in [3.8, 4) is 5.75 Å². The van der Waals surface area contributed by atoms with Gasteiger partial charge in [0.2, 0.25) is 23.6 Å². The summed E-state index contributed by atoms with van der Waals surface area (Å²) in [5.74, 6) is -4.37. The van der Waals surface area contributed by atoms with Gasteiger partial charge in [0.1, 0.15) is 35.5 Å². The predicted molar refractivity (Wildman–Crippen MR) is 226 cm³/mol. The number of methoxy groups -OCH3 is 1. The van der Waals surface area contributed by atoms with Gasteiger partial charge >= 0.3 is 18.1 Å². The number of unbranched alkanes of at least 4 members (excludes halogenated alkanes) is 1. The Morgan fingerprint density at radius 3 is 2.02 bits per heavy atom. The van der Waals surface area contributed by atoms with Crippen molar-refractivity contribution >= 4 is 58.3 Å². The quantitative estimate of drug-likeness (QED) is 0.0553. The molecule has 1 aromatic heterocycles. The number of H-pyrrole nitrogens is 1. The summed E-state index contributed by atoms with van der Waals surface area (Å²) in [6.45, 7) is 5.16. The summed E-state index contributed by atoms with van der Waals surface area (Å²) in [5.41, 5.74) is 7.36. The Morgan fingerprint density at radius 2 is 1.36 bits per heavy atom. The fraction of sp³-hybridized carbons (Fsp3) is 0.372. The van der Waals surface area contributed by atoms with Crippen molar-refractivity contribution in [2.24, 2.45) is 5.73 Å². The van der Waals surface area contributed by atoms with Gasteiger partial charge in [-0.25, -0.2) is 9.59 Å². The van der Waals surface area contributed by atoms with E-state index in [2.05, 4.69) is 36.9 Å². The van der Waals surface area contributed by atoms with E-state index in [-0.39, 0.29) is 32.2 Å². The van der Waals surface area contributed by atoms with E-state index < -0.39 is 77.9 Å². The fourth-order valence-electron chi connectivity index (χ4n) is 6.25. The maximum atomic E-state index is 14.1. The molecule has 4 rings (SSSR count). The number of aromatic nitrogens is 1. The average Bonchev–Trinajstić information content (AvgIpc) is 3.61. The number of aromatic amines is 1. The van der Waals surface area contributed by atoms with Crippen LogP contribution in [0.3, 0.4) is 0 Å². The molecule has 7 amide bonds. The van der Waals surface area contributed by atoms with Crippen LogP contribution in [0.15, 0.2) is 85.1 Å². The van der Waals surface area contributed by atoms with Crippen molar-refractivity contribution in [3.05, 3.63) is 96.2 Å². The number of alkyl carbamates (subject to hydrolysis) is 1. The van der Waals surface area contributed by atoms with Crippen molar-refractivity contribution in [2.75, 3.05) is 19.0 Å². The number of nitrogens with one attached hydrogen (secondary N) is 7. The molecular weight excluding hydrogens is 789 g/mol. The van der Waals surface area contributed by atoms with Crippen molar-refractivity contribution in [3.63, 3.8) is 0 Å². The number of carboxylic acid groups (broad SMARTS) is 1. The molecule has 1 heterocycles. The van der Waals surface area contributed by atoms with Gasteiger partial charge in [-0.15, -0.1) is 0 Å². The molecule has 326 valence electrons. The minimum Gasteiger partial charge on any atom is -0.497 e. The van der Waals surface area contributed by atoms with Gasteiger partial charge in [-0.05, 0) is 81.5 Å². The van der Waals surface area contributed by atoms with Crippen LogP contribution in [0.1, 0.15) is 57.6 Å². The number of aliphatic carboxylic acids is 1. The normalized spacial score (nSPS) is 13.0. The number of fused-ring (bicyclic) bond motifs is 1. The first-order valence-corrected chi connectivity index (χ1v) is 19.7. The van der Waals surface area contributed by atoms with Gasteiger partial charge < -0.3 is 57.2 Å². The van der Waals surface area contributed by atoms with Crippen LogP contribution in [0.25, 0.3) is 10.9 Å². The molecule has 0 saturated heterocycles. The number of carboxylic acids is 1. The van der Waals surface area contributed by atoms with Crippen LogP contribution in [0.5, 0.6) is 5.75 Å². The van der Waals surface area contributed by atoms with Gasteiger partial charge in [-0.2, -0.15) is 0 Å². The second kappa shape index (κ2) is 22.3. The number of para-hydroxylation sites is 1. The number of hydrogen-bond acceptors (Lipinski definition) is 9. The molecule has 0 bridgehead atoms. The molecule has 0 radical (unpaired) electrons. The number of benzene rings is 3. The van der Waals surface area contributed by atoms with E-state index >= 15 is 0 Å². The lowest BCUT2D eigenvalue weighted by Crippen LogP contribution is -2.59. The topological polar surface area (TPSA) is 272 Å². The molecule has 0 aliphatic heterocycles. The number of hydrogen-bond donors (Lipinski definition) is 9. The van der Waals surface area contributed by atoms with Crippen molar-refractivity contribution < 1.29 is 48.1 Å². The van der Waals surface area contributed by atoms with Crippen LogP contribution in [-0.4, -0.2) is 95.2 Å². The van der Waals surface area contributed by atoms with Crippen molar-refractivity contribution in [1.82, 2.24) is 31.6 Å². The molecule has 0 spiro atoms. The molecule has 4 aromatic rings. The average molecular weight is 843 g/mol. The number of nitrogens with two attached hydrogens (primary N) is 1. The van der Waals surface area contributed by atoms with Crippen molar-refractivity contribution in [1.29, 1.82) is 0 Å². The Bertz CT molecular complexity index is 2140. The van der Waals surface area contributed by atoms with E-state index in [0.29, 0.717) is 29.0 Å². The van der Waals surface area contributed by atoms with E-state index in [4.69, 9.17) is 15.2 Å². The summed E-state index contributed by atoms with van der Waals surface area (Å²) in [5, 5.41) is 26.1. The Kier molecular flexibility index (Phi) is 17.0. The molecule has 3 unspecified atom stereocenters. The summed E-state index contributed by atoms with van der Waals surface area (Å²) in [7, 11) is 1.53. The lowest BCUT2D eigenvalue weighted by Gasteiger charge is -2.27. The van der Waals surface area contributed by atoms with Crippen molar-refractivity contribution in [2.45, 2.75) is 89.1 Å². The first-order valence-electron chi connectivity index (χ1n) is 19.7. The Balaban J connectivity index is 1.53. The highest BCUT2D eigenvalue weighted by Gasteiger charge is 2.33. The largest absolute Gasteiger partial charge is 0.497 e. The van der Waals surface area contributed by atoms with E-state index in [1.165, 1.54) is 7.11 Å². The highest BCUT2D eigenvalue weighted by molar-refractivity contribution is 5.97. The predicted octanol–water partition coefficient (Wildman–Crippen LogP) is 3.26. The molecule has 10 N–H and O–H groups in total. The van der Waals surface area contributed by atoms with Crippen LogP contribution in [-0.2, 0) is 41.6 Å². The third-order valence-corrected chi connectivity index (χ3v) is 9.25. The van der Waals surface area contributed by atoms with Gasteiger partial charge in [-0.1, -0.05) is 48.5 Å². The molecule has 18 heteroatoms. The number of carbonyl (C=O) groups is 7. The maximum absolute atomic E-state index is 14.1. The smallest absolute Gasteiger partial charge is 0.408 e. The number of amides is 7. The van der Waals surface area contributed by atoms with Gasteiger partial charge in [0.15, 0.2) is 0 Å². The Hall–Kier alpha value is -7.11. The third-order valence-electron chi connectivity index (χ3n) is 9.25. The van der Waals surface area contributed by atoms with Crippen LogP contribution in [0.4, 0.5) is 15.3 Å². The molecular formula is C43H54N8O10. The zero-order chi connectivity index (χ0) is 44.5. The molecule has 18 nitrogen and oxygen atoms in total. The molecule has 4 atom stereocenters. The second-order valence-electron chi connectivity index (χ2n) is 15.2. The van der Waals surface area contributed by atoms with E-state index in [9.17, 15) is 38.7 Å². The molecule has 0 aliphatic rings. The molecule has 0 saturated carbocycles. The van der Waals surface area contributed by atoms with Crippen LogP contribution >= 0.6 is 0 Å². The standard InChI is InChI=1S/C43H54N8O10/c1-43(2,3)61-42(59)51-34(23-27-25-46-31-15-9-8-14-30(27)31)39(56)48-32(16-10-11-21-45-41(58)47-28-17-19-29(60-4)20-18-28)38(55)50-35(24-36(52)53)40(57)49-33(37(44)54)22-26-12-6-5-7-13-26/h5-9,12-15,17-20,25,32-35,46H,10-11,16,21-24H2,1-4H3,(H2,44,54)(H,48,56)(H,49,57)(H,50,55)(H,51,59)(H,52,53)(H2,45,47,58)/t32-,33?,34?,35?/m0/s1. The number of ether oxygens (including phenoxy) is 2. The molecule has 0 aliphatic carbocycles. The second-order valence-corrected chi connectivity index (χ2v) is 15.2. The van der Waals surface area contributed by atoms with E-state index in [0.717, 1.165) is 10.9 Å². The number of anilines is 1. The number of rotatable bonds is 21. The lowest BCUT2D eigenvalue weighted by molar-refractivity contribution is -0.141. The Morgan fingerprint density at radius 1 is 0.738 bits per heavy atom. The SMILES string of the molecule is COc1ccc(NC(=O)NCCCC[C@H](NC(=O)C(Cc2c[nH]c3ccccc23)NC(=O)OC(C)(C)C)C(=O)NC(CC(=O)O)C(=O)NC(Cc2ccccc2)C(N)=O)cc1. The summed E-state index contributed by atoms with van der Waals surface area (Å²) in [6, 6.07) is 16.7. The first-order chi connectivity index (χ1) is 29.0. The minimum atomic E-state index is -1.69. The molecule has 3 aromatic carbocycles. The van der Waals surface area contributed by atoms with Gasteiger partial charge in [0, 0.05) is 42.2 Å². The fourth-order valence-corrected chi connectivity index (χ4v) is 6.25. The number of primary amides is 1. The van der Waals surface area contributed by atoms with E-state index in [1.807, 2.05) is 24.3 Å². The maximum Gasteiger partial charge on any atom is 0.408 e. The van der Waals surface area contributed by atoms with Crippen LogP contribution < -0.4 is 42.4 Å². The van der Waals surface area contributed by atoms with Gasteiger partial charge in [0.25, 0.3) is 0 Å². The Labute approximate surface area is 353 Å². The minimum absolute atomic E-state index is 0.00293. The van der Waals surface area contributed by atoms with Gasteiger partial charge in [0.05, 0.1) is 13.5 Å². The zero-order valence-electron chi connectivity index (χ0n) is 34.5. The summed E-state index contributed by atoms with van der Waals surface area (Å²) in [4.78, 5) is 94.7. The summed E-state index contributed by atoms with van der Waals surface area (Å²) in [6.07, 6.45) is 0.491.